The number of likely N-dealkylation sites (tertiary alicyclic amines) is 1. The molecular formula is C10H19F3N2O. The van der Waals surface area contributed by atoms with Crippen LogP contribution in [0.15, 0.2) is 0 Å². The van der Waals surface area contributed by atoms with Gasteiger partial charge in [-0.3, -0.25) is 4.90 Å². The van der Waals surface area contributed by atoms with Gasteiger partial charge in [0.25, 0.3) is 0 Å². The zero-order valence-electron chi connectivity index (χ0n) is 9.37. The maximum absolute atomic E-state index is 12.8. The molecule has 1 aliphatic rings. The summed E-state index contributed by atoms with van der Waals surface area (Å²) in [6.45, 7) is 2.37. The summed E-state index contributed by atoms with van der Waals surface area (Å²) in [5.41, 5.74) is 5.22. The normalized spacial score (nSPS) is 30.4. The van der Waals surface area contributed by atoms with E-state index in [4.69, 9.17) is 5.73 Å². The molecule has 3 nitrogen and oxygen atoms in total. The van der Waals surface area contributed by atoms with Gasteiger partial charge in [0, 0.05) is 13.1 Å². The summed E-state index contributed by atoms with van der Waals surface area (Å²) in [6, 6.07) is -1.47. The molecule has 6 heteroatoms. The lowest BCUT2D eigenvalue weighted by molar-refractivity contribution is -0.192. The number of rotatable bonds is 3. The molecule has 1 aliphatic heterocycles. The van der Waals surface area contributed by atoms with Crippen molar-refractivity contribution >= 4 is 0 Å². The van der Waals surface area contributed by atoms with Gasteiger partial charge in [-0.25, -0.2) is 0 Å². The molecule has 1 rings (SSSR count). The smallest absolute Gasteiger partial charge is 0.393 e. The van der Waals surface area contributed by atoms with Crippen molar-refractivity contribution in [3.05, 3.63) is 0 Å². The first-order valence-electron chi connectivity index (χ1n) is 5.55. The fourth-order valence-electron chi connectivity index (χ4n) is 2.16. The molecule has 96 valence electrons. The standard InChI is InChI=1S/C10H19F3N2O/c1-7-6-15(5-3-8(7)16)9(2-4-14)10(11,12)13/h7-9,16H,2-6,14H2,1H3. The minimum Gasteiger partial charge on any atom is -0.393 e. The van der Waals surface area contributed by atoms with E-state index in [0.717, 1.165) is 0 Å². The Morgan fingerprint density at radius 3 is 2.56 bits per heavy atom. The Kier molecular flexibility index (Phi) is 4.58. The first-order valence-corrected chi connectivity index (χ1v) is 5.55. The van der Waals surface area contributed by atoms with Crippen LogP contribution >= 0.6 is 0 Å². The molecule has 3 N–H and O–H groups in total. The quantitative estimate of drug-likeness (QED) is 0.772. The average molecular weight is 240 g/mol. The Bertz CT molecular complexity index is 223. The average Bonchev–Trinajstić information content (AvgIpc) is 2.17. The molecule has 0 aromatic heterocycles. The first-order chi connectivity index (χ1) is 7.36. The highest BCUT2D eigenvalue weighted by Gasteiger charge is 2.44. The maximum atomic E-state index is 12.8. The van der Waals surface area contributed by atoms with Crippen molar-refractivity contribution in [2.75, 3.05) is 19.6 Å². The third kappa shape index (κ3) is 3.33. The largest absolute Gasteiger partial charge is 0.404 e. The number of hydrogen-bond donors (Lipinski definition) is 2. The van der Waals surface area contributed by atoms with Gasteiger partial charge in [0.15, 0.2) is 0 Å². The van der Waals surface area contributed by atoms with Gasteiger partial charge >= 0.3 is 6.18 Å². The Labute approximate surface area is 93.4 Å². The molecule has 0 aromatic carbocycles. The molecule has 0 aliphatic carbocycles. The Balaban J connectivity index is 2.65. The third-order valence-electron chi connectivity index (χ3n) is 3.15. The van der Waals surface area contributed by atoms with Crippen molar-refractivity contribution < 1.29 is 18.3 Å². The van der Waals surface area contributed by atoms with Crippen molar-refractivity contribution in [2.24, 2.45) is 11.7 Å². The summed E-state index contributed by atoms with van der Waals surface area (Å²) in [4.78, 5) is 1.39. The molecule has 0 saturated carbocycles. The van der Waals surface area contributed by atoms with Crippen LogP contribution in [0.2, 0.25) is 0 Å². The van der Waals surface area contributed by atoms with Gasteiger partial charge in [0.2, 0.25) is 0 Å². The summed E-state index contributed by atoms with van der Waals surface area (Å²) in [6.07, 6.45) is -4.39. The first kappa shape index (κ1) is 13.7. The maximum Gasteiger partial charge on any atom is 0.404 e. The lowest BCUT2D eigenvalue weighted by atomic mass is 9.94. The van der Waals surface area contributed by atoms with Crippen LogP contribution in [0.25, 0.3) is 0 Å². The van der Waals surface area contributed by atoms with E-state index in [-0.39, 0.29) is 32.0 Å². The number of hydrogen-bond acceptors (Lipinski definition) is 3. The Morgan fingerprint density at radius 1 is 1.50 bits per heavy atom. The van der Waals surface area contributed by atoms with E-state index in [1.165, 1.54) is 4.90 Å². The summed E-state index contributed by atoms with van der Waals surface area (Å²) in [5.74, 6) is -0.114. The van der Waals surface area contributed by atoms with Gasteiger partial charge in [0.1, 0.15) is 6.04 Å². The highest BCUT2D eigenvalue weighted by atomic mass is 19.4. The van der Waals surface area contributed by atoms with Gasteiger partial charge in [-0.1, -0.05) is 6.92 Å². The highest BCUT2D eigenvalue weighted by Crippen LogP contribution is 2.30. The zero-order chi connectivity index (χ0) is 12.3. The van der Waals surface area contributed by atoms with E-state index in [1.807, 2.05) is 0 Å². The lowest BCUT2D eigenvalue weighted by Crippen LogP contribution is -2.53. The summed E-state index contributed by atoms with van der Waals surface area (Å²) in [5, 5.41) is 9.48. The van der Waals surface area contributed by atoms with Gasteiger partial charge < -0.3 is 10.8 Å². The predicted octanol–water partition coefficient (Wildman–Crippen LogP) is 0.969. The number of nitrogens with zero attached hydrogens (tertiary/aromatic N) is 1. The molecule has 1 heterocycles. The minimum atomic E-state index is -4.23. The van der Waals surface area contributed by atoms with Crippen molar-refractivity contribution in [1.82, 2.24) is 4.90 Å². The topological polar surface area (TPSA) is 49.5 Å². The second kappa shape index (κ2) is 5.33. The van der Waals surface area contributed by atoms with Gasteiger partial charge in [0.05, 0.1) is 6.10 Å². The Hall–Kier alpha value is -0.330. The van der Waals surface area contributed by atoms with E-state index in [2.05, 4.69) is 0 Å². The number of aliphatic hydroxyl groups excluding tert-OH is 1. The monoisotopic (exact) mass is 240 g/mol. The molecule has 1 saturated heterocycles. The van der Waals surface area contributed by atoms with Gasteiger partial charge in [-0.15, -0.1) is 0 Å². The van der Waals surface area contributed by atoms with E-state index in [1.54, 1.807) is 6.92 Å². The van der Waals surface area contributed by atoms with E-state index < -0.39 is 18.3 Å². The summed E-state index contributed by atoms with van der Waals surface area (Å²) in [7, 11) is 0. The van der Waals surface area contributed by atoms with E-state index in [9.17, 15) is 18.3 Å². The summed E-state index contributed by atoms with van der Waals surface area (Å²) < 4.78 is 38.3. The molecule has 16 heavy (non-hydrogen) atoms. The number of piperidine rings is 1. The molecule has 0 radical (unpaired) electrons. The molecule has 0 amide bonds. The third-order valence-corrected chi connectivity index (χ3v) is 3.15. The molecule has 0 bridgehead atoms. The van der Waals surface area contributed by atoms with E-state index >= 15 is 0 Å². The molecule has 3 unspecified atom stereocenters. The van der Waals surface area contributed by atoms with Crippen LogP contribution in [0, 0.1) is 5.92 Å². The number of aliphatic hydroxyl groups is 1. The second-order valence-corrected chi connectivity index (χ2v) is 4.46. The Morgan fingerprint density at radius 2 is 2.12 bits per heavy atom. The minimum absolute atomic E-state index is 0.0254. The second-order valence-electron chi connectivity index (χ2n) is 4.46. The van der Waals surface area contributed by atoms with Crippen molar-refractivity contribution in [3.8, 4) is 0 Å². The fourth-order valence-corrected chi connectivity index (χ4v) is 2.16. The lowest BCUT2D eigenvalue weighted by Gasteiger charge is -2.40. The SMILES string of the molecule is CC1CN(C(CCN)C(F)(F)F)CCC1O. The molecule has 0 spiro atoms. The predicted molar refractivity (Wildman–Crippen MR) is 54.9 cm³/mol. The van der Waals surface area contributed by atoms with Crippen molar-refractivity contribution in [3.63, 3.8) is 0 Å². The van der Waals surface area contributed by atoms with Crippen LogP contribution in [-0.4, -0.2) is 48.0 Å². The zero-order valence-corrected chi connectivity index (χ0v) is 9.37. The van der Waals surface area contributed by atoms with Crippen LogP contribution in [0.4, 0.5) is 13.2 Å². The van der Waals surface area contributed by atoms with Gasteiger partial charge in [-0.2, -0.15) is 13.2 Å². The van der Waals surface area contributed by atoms with E-state index in [0.29, 0.717) is 6.42 Å². The fraction of sp³-hybridized carbons (Fsp3) is 1.00. The highest BCUT2D eigenvalue weighted by molar-refractivity contribution is 4.85. The van der Waals surface area contributed by atoms with Crippen LogP contribution in [0.5, 0.6) is 0 Å². The molecule has 3 atom stereocenters. The van der Waals surface area contributed by atoms with Crippen molar-refractivity contribution in [2.45, 2.75) is 38.1 Å². The molecule has 0 aromatic rings. The van der Waals surface area contributed by atoms with Crippen LogP contribution in [-0.2, 0) is 0 Å². The number of halogens is 3. The molecular weight excluding hydrogens is 221 g/mol. The van der Waals surface area contributed by atoms with Crippen LogP contribution in [0.3, 0.4) is 0 Å². The number of alkyl halides is 3. The van der Waals surface area contributed by atoms with Crippen LogP contribution < -0.4 is 5.73 Å². The number of nitrogens with two attached hydrogens (primary N) is 1. The molecule has 1 fully saturated rings. The summed E-state index contributed by atoms with van der Waals surface area (Å²) >= 11 is 0. The van der Waals surface area contributed by atoms with Crippen molar-refractivity contribution in [1.29, 1.82) is 0 Å². The van der Waals surface area contributed by atoms with Gasteiger partial charge in [-0.05, 0) is 25.3 Å². The van der Waals surface area contributed by atoms with Crippen LogP contribution in [0.1, 0.15) is 19.8 Å².